The summed E-state index contributed by atoms with van der Waals surface area (Å²) in [5.41, 5.74) is 2.58. The monoisotopic (exact) mass is 423 g/mol. The van der Waals surface area contributed by atoms with E-state index in [1.807, 2.05) is 42.5 Å². The molecular formula is C25H29NO5. The summed E-state index contributed by atoms with van der Waals surface area (Å²) in [6.07, 6.45) is 3.79. The van der Waals surface area contributed by atoms with Gasteiger partial charge in [-0.1, -0.05) is 38.1 Å². The van der Waals surface area contributed by atoms with Gasteiger partial charge in [-0.3, -0.25) is 4.79 Å². The number of carbonyl (C=O) groups excluding carboxylic acids is 2. The van der Waals surface area contributed by atoms with E-state index in [9.17, 15) is 9.59 Å². The van der Waals surface area contributed by atoms with Gasteiger partial charge in [0.15, 0.2) is 17.6 Å². The highest BCUT2D eigenvalue weighted by molar-refractivity contribution is 5.97. The van der Waals surface area contributed by atoms with Crippen LogP contribution in [0.5, 0.6) is 11.5 Å². The van der Waals surface area contributed by atoms with Crippen LogP contribution in [0.2, 0.25) is 0 Å². The Kier molecular flexibility index (Phi) is 7.70. The fourth-order valence-corrected chi connectivity index (χ4v) is 3.21. The highest BCUT2D eigenvalue weighted by Crippen LogP contribution is 2.31. The number of benzene rings is 2. The topological polar surface area (TPSA) is 73.9 Å². The minimum absolute atomic E-state index is 0.313. The van der Waals surface area contributed by atoms with Gasteiger partial charge in [0, 0.05) is 18.2 Å². The molecule has 164 valence electrons. The number of esters is 1. The van der Waals surface area contributed by atoms with Crippen LogP contribution in [0.4, 0.5) is 5.69 Å². The van der Waals surface area contributed by atoms with Crippen LogP contribution >= 0.6 is 0 Å². The number of ether oxygens (including phenoxy) is 3. The molecule has 0 bridgehead atoms. The van der Waals surface area contributed by atoms with E-state index in [1.165, 1.54) is 6.08 Å². The molecule has 0 fully saturated rings. The molecule has 0 aromatic heterocycles. The van der Waals surface area contributed by atoms with E-state index < -0.39 is 12.1 Å². The zero-order valence-corrected chi connectivity index (χ0v) is 18.2. The molecule has 0 spiro atoms. The van der Waals surface area contributed by atoms with Crippen LogP contribution < -0.4 is 14.8 Å². The van der Waals surface area contributed by atoms with Crippen molar-refractivity contribution >= 4 is 23.6 Å². The Labute approximate surface area is 183 Å². The highest BCUT2D eigenvalue weighted by Gasteiger charge is 2.19. The normalized spacial score (nSPS) is 15.1. The van der Waals surface area contributed by atoms with Crippen LogP contribution in [0, 0.1) is 0 Å². The first-order valence-corrected chi connectivity index (χ1v) is 10.7. The summed E-state index contributed by atoms with van der Waals surface area (Å²) >= 11 is 0. The molecule has 1 aliphatic rings. The number of carbonyl (C=O) groups is 2. The Morgan fingerprint density at radius 2 is 1.84 bits per heavy atom. The fourth-order valence-electron chi connectivity index (χ4n) is 3.21. The summed E-state index contributed by atoms with van der Waals surface area (Å²) in [7, 11) is 0. The molecule has 1 N–H and O–H groups in total. The van der Waals surface area contributed by atoms with Gasteiger partial charge in [0.1, 0.15) is 0 Å². The third-order valence-corrected chi connectivity index (χ3v) is 5.21. The second-order valence-corrected chi connectivity index (χ2v) is 7.55. The predicted octanol–water partition coefficient (Wildman–Crippen LogP) is 4.95. The van der Waals surface area contributed by atoms with Crippen molar-refractivity contribution in [2.24, 2.45) is 0 Å². The summed E-state index contributed by atoms with van der Waals surface area (Å²) in [4.78, 5) is 24.7. The second-order valence-electron chi connectivity index (χ2n) is 7.55. The lowest BCUT2D eigenvalue weighted by molar-refractivity contribution is -0.148. The molecule has 1 amide bonds. The molecule has 0 radical (unpaired) electrons. The Bertz CT molecular complexity index is 953. The third-order valence-electron chi connectivity index (χ3n) is 5.21. The first-order chi connectivity index (χ1) is 15.0. The molecule has 3 rings (SSSR count). The largest absolute Gasteiger partial charge is 0.490 e. The molecule has 0 aliphatic carbocycles. The van der Waals surface area contributed by atoms with Crippen molar-refractivity contribution in [3.8, 4) is 11.5 Å². The zero-order valence-electron chi connectivity index (χ0n) is 18.2. The second kappa shape index (κ2) is 10.7. The SMILES string of the molecule is CC[C@@H](C)c1ccccc1NC(=O)[C@@H](C)OC(=O)/C=C/c1ccc2c(c1)OCCCO2. The average Bonchev–Trinajstić information content (AvgIpc) is 3.02. The van der Waals surface area contributed by atoms with Gasteiger partial charge in [0.05, 0.1) is 13.2 Å². The lowest BCUT2D eigenvalue weighted by atomic mass is 9.97. The molecule has 1 heterocycles. The van der Waals surface area contributed by atoms with Gasteiger partial charge >= 0.3 is 5.97 Å². The number of fused-ring (bicyclic) bond motifs is 1. The summed E-state index contributed by atoms with van der Waals surface area (Å²) in [6, 6.07) is 13.1. The van der Waals surface area contributed by atoms with Crippen molar-refractivity contribution in [3.05, 3.63) is 59.7 Å². The molecule has 0 saturated heterocycles. The van der Waals surface area contributed by atoms with E-state index in [2.05, 4.69) is 19.2 Å². The van der Waals surface area contributed by atoms with E-state index in [0.717, 1.165) is 29.7 Å². The van der Waals surface area contributed by atoms with Crippen LogP contribution in [0.15, 0.2) is 48.5 Å². The summed E-state index contributed by atoms with van der Waals surface area (Å²) < 4.78 is 16.5. The minimum atomic E-state index is -0.925. The van der Waals surface area contributed by atoms with Crippen LogP contribution in [-0.2, 0) is 14.3 Å². The van der Waals surface area contributed by atoms with Gasteiger partial charge in [-0.05, 0) is 54.7 Å². The minimum Gasteiger partial charge on any atom is -0.490 e. The van der Waals surface area contributed by atoms with Crippen molar-refractivity contribution < 1.29 is 23.8 Å². The van der Waals surface area contributed by atoms with E-state index in [1.54, 1.807) is 13.0 Å². The van der Waals surface area contributed by atoms with Gasteiger partial charge in [-0.15, -0.1) is 0 Å². The Balaban J connectivity index is 1.58. The molecule has 2 aromatic carbocycles. The quantitative estimate of drug-likeness (QED) is 0.504. The molecule has 2 aromatic rings. The molecule has 6 heteroatoms. The average molecular weight is 424 g/mol. The number of amides is 1. The molecule has 31 heavy (non-hydrogen) atoms. The Morgan fingerprint density at radius 1 is 1.10 bits per heavy atom. The van der Waals surface area contributed by atoms with Crippen molar-refractivity contribution in [1.82, 2.24) is 0 Å². The van der Waals surface area contributed by atoms with Crippen LogP contribution in [0.1, 0.15) is 50.7 Å². The molecule has 6 nitrogen and oxygen atoms in total. The maximum atomic E-state index is 12.5. The third kappa shape index (κ3) is 6.10. The number of para-hydroxylation sites is 1. The smallest absolute Gasteiger partial charge is 0.331 e. The van der Waals surface area contributed by atoms with Gasteiger partial charge in [0.25, 0.3) is 5.91 Å². The molecule has 1 aliphatic heterocycles. The predicted molar refractivity (Wildman–Crippen MR) is 120 cm³/mol. The van der Waals surface area contributed by atoms with Gasteiger partial charge in [0.2, 0.25) is 0 Å². The molecule has 2 atom stereocenters. The maximum absolute atomic E-state index is 12.5. The van der Waals surface area contributed by atoms with E-state index in [0.29, 0.717) is 30.6 Å². The highest BCUT2D eigenvalue weighted by atomic mass is 16.5. The van der Waals surface area contributed by atoms with Crippen molar-refractivity contribution in [2.75, 3.05) is 18.5 Å². The first kappa shape index (κ1) is 22.4. The number of rotatable bonds is 7. The van der Waals surface area contributed by atoms with Crippen LogP contribution in [0.25, 0.3) is 6.08 Å². The summed E-state index contributed by atoms with van der Waals surface area (Å²) in [5.74, 6) is 0.701. The van der Waals surface area contributed by atoms with Crippen LogP contribution in [0.3, 0.4) is 0 Å². The van der Waals surface area contributed by atoms with Gasteiger partial charge < -0.3 is 19.5 Å². The van der Waals surface area contributed by atoms with E-state index in [-0.39, 0.29) is 5.91 Å². The number of anilines is 1. The first-order valence-electron chi connectivity index (χ1n) is 10.7. The number of nitrogens with one attached hydrogen (secondary N) is 1. The fraction of sp³-hybridized carbons (Fsp3) is 0.360. The standard InChI is InChI=1S/C25H29NO5/c1-4-17(2)20-8-5-6-9-21(20)26-25(28)18(3)31-24(27)13-11-19-10-12-22-23(16-19)30-15-7-14-29-22/h5-6,8-13,16-18H,4,7,14-15H2,1-3H3,(H,26,28)/b13-11+/t17-,18-/m1/s1. The summed E-state index contributed by atoms with van der Waals surface area (Å²) in [6.45, 7) is 6.98. The maximum Gasteiger partial charge on any atom is 0.331 e. The number of hydrogen-bond acceptors (Lipinski definition) is 5. The van der Waals surface area contributed by atoms with E-state index >= 15 is 0 Å². The summed E-state index contributed by atoms with van der Waals surface area (Å²) in [5, 5.41) is 2.87. The van der Waals surface area contributed by atoms with Gasteiger partial charge in [-0.2, -0.15) is 0 Å². The van der Waals surface area contributed by atoms with Gasteiger partial charge in [-0.25, -0.2) is 4.79 Å². The van der Waals surface area contributed by atoms with E-state index in [4.69, 9.17) is 14.2 Å². The van der Waals surface area contributed by atoms with Crippen molar-refractivity contribution in [1.29, 1.82) is 0 Å². The van der Waals surface area contributed by atoms with Crippen LogP contribution in [-0.4, -0.2) is 31.2 Å². The lowest BCUT2D eigenvalue weighted by Crippen LogP contribution is -2.29. The molecular weight excluding hydrogens is 394 g/mol. The Hall–Kier alpha value is -3.28. The molecule has 0 saturated carbocycles. The Morgan fingerprint density at radius 3 is 2.61 bits per heavy atom. The number of hydrogen-bond donors (Lipinski definition) is 1. The lowest BCUT2D eigenvalue weighted by Gasteiger charge is -2.17. The molecule has 0 unspecified atom stereocenters. The van der Waals surface area contributed by atoms with Crippen molar-refractivity contribution in [3.63, 3.8) is 0 Å². The zero-order chi connectivity index (χ0) is 22.2. The van der Waals surface area contributed by atoms with Crippen molar-refractivity contribution in [2.45, 2.75) is 45.6 Å².